The third kappa shape index (κ3) is 0.391. The molecule has 6 aliphatic carbocycles. The van der Waals surface area contributed by atoms with Gasteiger partial charge in [-0.05, 0) is 41.4 Å². The number of halogens is 1. The van der Waals surface area contributed by atoms with Gasteiger partial charge in [-0.1, -0.05) is 22.9 Å². The maximum absolute atomic E-state index is 12.2. The molecule has 0 aromatic heterocycles. The van der Waals surface area contributed by atoms with Crippen molar-refractivity contribution in [3.63, 3.8) is 0 Å². The van der Waals surface area contributed by atoms with Crippen LogP contribution in [0.5, 0.6) is 0 Å². The molecule has 0 aromatic rings. The molecule has 2 heteroatoms. The minimum atomic E-state index is 0.370. The summed E-state index contributed by atoms with van der Waals surface area (Å²) in [5, 5.41) is 0. The van der Waals surface area contributed by atoms with Crippen LogP contribution in [0.1, 0.15) is 13.3 Å². The van der Waals surface area contributed by atoms with Gasteiger partial charge in [0.1, 0.15) is 5.78 Å². The van der Waals surface area contributed by atoms with Gasteiger partial charge in [-0.25, -0.2) is 0 Å². The Hall–Kier alpha value is 0.150. The molecule has 0 heterocycles. The second-order valence-corrected chi connectivity index (χ2v) is 7.40. The number of alkyl halides is 1. The number of carbonyl (C=O) groups excluding carboxylic acids is 1. The first-order valence-corrected chi connectivity index (χ1v) is 6.76. The quantitative estimate of drug-likeness (QED) is 0.604. The molecule has 0 aromatic carbocycles. The third-order valence-electron chi connectivity index (χ3n) is 6.63. The van der Waals surface area contributed by atoms with Crippen LogP contribution in [0.2, 0.25) is 0 Å². The molecule has 6 rings (SSSR count). The van der Waals surface area contributed by atoms with E-state index in [0.717, 1.165) is 29.6 Å². The lowest BCUT2D eigenvalue weighted by Gasteiger charge is -2.38. The van der Waals surface area contributed by atoms with E-state index in [2.05, 4.69) is 22.9 Å². The Bertz CT molecular complexity index is 390. The topological polar surface area (TPSA) is 17.1 Å². The Kier molecular flexibility index (Phi) is 0.883. The smallest absolute Gasteiger partial charge is 0.140 e. The van der Waals surface area contributed by atoms with Crippen molar-refractivity contribution in [1.82, 2.24) is 0 Å². The minimum Gasteiger partial charge on any atom is -0.299 e. The monoisotopic (exact) mass is 252 g/mol. The zero-order chi connectivity index (χ0) is 9.40. The van der Waals surface area contributed by atoms with E-state index in [4.69, 9.17) is 0 Å². The van der Waals surface area contributed by atoms with Crippen molar-refractivity contribution in [2.75, 3.05) is 0 Å². The number of rotatable bonds is 0. The molecular formula is C12H13BrO. The predicted octanol–water partition coefficient (Wildman–Crippen LogP) is 2.10. The van der Waals surface area contributed by atoms with Crippen molar-refractivity contribution in [2.24, 2.45) is 46.8 Å². The van der Waals surface area contributed by atoms with Crippen LogP contribution in [-0.2, 0) is 4.79 Å². The highest BCUT2D eigenvalue weighted by molar-refractivity contribution is 9.09. The van der Waals surface area contributed by atoms with Crippen molar-refractivity contribution in [3.05, 3.63) is 0 Å². The predicted molar refractivity (Wildman–Crippen MR) is 54.9 cm³/mol. The molecule has 0 saturated heterocycles. The zero-order valence-electron chi connectivity index (χ0n) is 8.11. The van der Waals surface area contributed by atoms with Crippen molar-refractivity contribution in [3.8, 4) is 0 Å². The number of Topliss-reactive ketones (excluding diaryl/α,β-unsaturated/α-hetero) is 1. The lowest BCUT2D eigenvalue weighted by atomic mass is 9.64. The highest BCUT2D eigenvalue weighted by Crippen LogP contribution is 2.86. The molecule has 0 radical (unpaired) electrons. The molecule has 6 fully saturated rings. The number of ketones is 1. The minimum absolute atomic E-state index is 0.370. The van der Waals surface area contributed by atoms with Crippen LogP contribution in [0.15, 0.2) is 0 Å². The van der Waals surface area contributed by atoms with E-state index in [1.54, 1.807) is 0 Å². The highest BCUT2D eigenvalue weighted by atomic mass is 79.9. The summed E-state index contributed by atoms with van der Waals surface area (Å²) in [5.41, 5.74) is 0.370. The summed E-state index contributed by atoms with van der Waals surface area (Å²) in [6.07, 6.45) is 1.39. The van der Waals surface area contributed by atoms with Gasteiger partial charge in [0.15, 0.2) is 0 Å². The van der Waals surface area contributed by atoms with E-state index in [0.29, 0.717) is 27.9 Å². The average molecular weight is 253 g/mol. The van der Waals surface area contributed by atoms with Crippen LogP contribution in [0, 0.1) is 46.8 Å². The van der Waals surface area contributed by atoms with E-state index < -0.39 is 0 Å². The first-order valence-electron chi connectivity index (χ1n) is 5.85. The molecule has 74 valence electrons. The summed E-state index contributed by atoms with van der Waals surface area (Å²) in [6, 6.07) is 0. The molecule has 0 amide bonds. The van der Waals surface area contributed by atoms with Crippen molar-refractivity contribution < 1.29 is 4.79 Å². The Labute approximate surface area is 91.8 Å². The van der Waals surface area contributed by atoms with Crippen LogP contribution in [0.25, 0.3) is 0 Å². The standard InChI is InChI=1S/C12H13BrO/c1-12-8-4-2-3-5(6(4)11(12)13)9(12)10(14)7(3)8/h3-9,11H,2H2,1H3/t3-,4-,5-,6+,7-,8-,9-,11-,12+/m1/s1. The van der Waals surface area contributed by atoms with Gasteiger partial charge in [0.25, 0.3) is 0 Å². The van der Waals surface area contributed by atoms with Gasteiger partial charge < -0.3 is 0 Å². The molecule has 9 atom stereocenters. The van der Waals surface area contributed by atoms with Gasteiger partial charge in [-0.15, -0.1) is 0 Å². The average Bonchev–Trinajstić information content (AvgIpc) is 2.81. The third-order valence-corrected chi connectivity index (χ3v) is 8.22. The molecule has 0 unspecified atom stereocenters. The van der Waals surface area contributed by atoms with Gasteiger partial charge in [0.05, 0.1) is 0 Å². The van der Waals surface area contributed by atoms with Gasteiger partial charge in [0.2, 0.25) is 0 Å². The van der Waals surface area contributed by atoms with Gasteiger partial charge in [0, 0.05) is 16.7 Å². The molecule has 0 N–H and O–H groups in total. The summed E-state index contributed by atoms with van der Waals surface area (Å²) in [5.74, 6) is 5.85. The summed E-state index contributed by atoms with van der Waals surface area (Å²) < 4.78 is 0. The summed E-state index contributed by atoms with van der Waals surface area (Å²) >= 11 is 3.92. The maximum atomic E-state index is 12.2. The molecule has 6 bridgehead atoms. The zero-order valence-corrected chi connectivity index (χ0v) is 9.70. The van der Waals surface area contributed by atoms with Crippen molar-refractivity contribution in [1.29, 1.82) is 0 Å². The van der Waals surface area contributed by atoms with Crippen molar-refractivity contribution >= 4 is 21.7 Å². The second-order valence-electron chi connectivity index (χ2n) is 6.42. The van der Waals surface area contributed by atoms with E-state index in [1.807, 2.05) is 0 Å². The first-order chi connectivity index (χ1) is 6.67. The number of hydrogen-bond donors (Lipinski definition) is 0. The Morgan fingerprint density at radius 2 is 2.14 bits per heavy atom. The second kappa shape index (κ2) is 1.66. The Balaban J connectivity index is 1.92. The Morgan fingerprint density at radius 3 is 2.86 bits per heavy atom. The fraction of sp³-hybridized carbons (Fsp3) is 0.917. The summed E-state index contributed by atoms with van der Waals surface area (Å²) in [6.45, 7) is 2.40. The molecule has 1 nitrogen and oxygen atoms in total. The highest BCUT2D eigenvalue weighted by Gasteiger charge is 2.87. The maximum Gasteiger partial charge on any atom is 0.140 e. The molecule has 0 aliphatic heterocycles. The van der Waals surface area contributed by atoms with Crippen LogP contribution >= 0.6 is 15.9 Å². The molecule has 14 heavy (non-hydrogen) atoms. The van der Waals surface area contributed by atoms with Gasteiger partial charge in [-0.3, -0.25) is 4.79 Å². The van der Waals surface area contributed by atoms with E-state index in [9.17, 15) is 4.79 Å². The SMILES string of the molecule is C[C@]12[C@@H]3[C@@H]4C[C@H]5[C@H]3C(=O)[C@H]1[C@H]5[C@H]4[C@H]2Br. The number of carbonyl (C=O) groups is 1. The summed E-state index contributed by atoms with van der Waals surface area (Å²) in [4.78, 5) is 12.9. The molecule has 6 saturated carbocycles. The fourth-order valence-corrected chi connectivity index (χ4v) is 8.05. The van der Waals surface area contributed by atoms with E-state index in [1.165, 1.54) is 6.42 Å². The fourth-order valence-electron chi connectivity index (χ4n) is 6.72. The van der Waals surface area contributed by atoms with Gasteiger partial charge in [-0.2, -0.15) is 0 Å². The summed E-state index contributed by atoms with van der Waals surface area (Å²) in [7, 11) is 0. The lowest BCUT2D eigenvalue weighted by Crippen LogP contribution is -2.37. The number of hydrogen-bond acceptors (Lipinski definition) is 1. The van der Waals surface area contributed by atoms with E-state index >= 15 is 0 Å². The first kappa shape index (κ1) is 7.43. The van der Waals surface area contributed by atoms with E-state index in [-0.39, 0.29) is 0 Å². The van der Waals surface area contributed by atoms with Gasteiger partial charge >= 0.3 is 0 Å². The van der Waals surface area contributed by atoms with Crippen LogP contribution in [-0.4, -0.2) is 10.6 Å². The van der Waals surface area contributed by atoms with Crippen molar-refractivity contribution in [2.45, 2.75) is 18.2 Å². The Morgan fingerprint density at radius 1 is 1.36 bits per heavy atom. The largest absolute Gasteiger partial charge is 0.299 e. The molecule has 6 aliphatic rings. The lowest BCUT2D eigenvalue weighted by molar-refractivity contribution is -0.122. The normalized spacial score (nSPS) is 80.3. The van der Waals surface area contributed by atoms with Crippen LogP contribution in [0.3, 0.4) is 0 Å². The van der Waals surface area contributed by atoms with Crippen LogP contribution < -0.4 is 0 Å². The van der Waals surface area contributed by atoms with Crippen LogP contribution in [0.4, 0.5) is 0 Å². The molecular weight excluding hydrogens is 240 g/mol. The molecule has 0 spiro atoms.